The normalized spacial score (nSPS) is 11.3. The molecule has 32 heavy (non-hydrogen) atoms. The van der Waals surface area contributed by atoms with Crippen molar-refractivity contribution in [2.45, 2.75) is 52.4 Å². The van der Waals surface area contributed by atoms with E-state index in [0.717, 1.165) is 19.4 Å². The first kappa shape index (κ1) is 24.6. The number of rotatable bonds is 12. The van der Waals surface area contributed by atoms with Crippen LogP contribution in [-0.2, 0) is 17.0 Å². The predicted octanol–water partition coefficient (Wildman–Crippen LogP) is 8.14. The average molecular weight is 448 g/mol. The number of nitrogens with zero attached hydrogens (tertiary/aromatic N) is 1. The van der Waals surface area contributed by atoms with Gasteiger partial charge in [-0.15, -0.1) is 0 Å². The van der Waals surface area contributed by atoms with Gasteiger partial charge in [0.2, 0.25) is 0 Å². The second-order valence-corrected chi connectivity index (χ2v) is 9.68. The Hall–Kier alpha value is -2.07. The number of hydrogen-bond acceptors (Lipinski definition) is 3. The molecule has 0 spiro atoms. The van der Waals surface area contributed by atoms with E-state index in [2.05, 4.69) is 91.9 Å². The van der Waals surface area contributed by atoms with Gasteiger partial charge < -0.3 is 4.18 Å². The van der Waals surface area contributed by atoms with Gasteiger partial charge in [0.15, 0.2) is 0 Å². The highest BCUT2D eigenvalue weighted by atomic mass is 32.2. The zero-order chi connectivity index (χ0) is 22.8. The maximum Gasteiger partial charge on any atom is 0.0813 e. The fraction of sp³-hybridized carbons (Fsp3) is 0.379. The molecule has 0 saturated carbocycles. The van der Waals surface area contributed by atoms with Crippen LogP contribution in [0, 0.1) is 6.92 Å². The Kier molecular flexibility index (Phi) is 9.86. The molecule has 0 saturated heterocycles. The molecule has 3 heteroatoms. The van der Waals surface area contributed by atoms with E-state index in [1.54, 1.807) is 7.11 Å². The zero-order valence-electron chi connectivity index (χ0n) is 20.1. The Morgan fingerprint density at radius 3 is 1.94 bits per heavy atom. The minimum atomic E-state index is 1.01. The Bertz CT molecular complexity index is 950. The molecule has 3 aromatic rings. The molecule has 2 nitrogen and oxygen atoms in total. The number of hydrogen-bond donors (Lipinski definition) is 0. The van der Waals surface area contributed by atoms with Crippen LogP contribution < -0.4 is 0 Å². The molecular formula is C29H37NOS. The van der Waals surface area contributed by atoms with E-state index in [4.69, 9.17) is 4.18 Å². The fourth-order valence-electron chi connectivity index (χ4n) is 4.13. The second-order valence-electron chi connectivity index (χ2n) is 8.58. The summed E-state index contributed by atoms with van der Waals surface area (Å²) in [4.78, 5) is 0. The molecule has 0 amide bonds. The van der Waals surface area contributed by atoms with E-state index in [1.165, 1.54) is 76.9 Å². The van der Waals surface area contributed by atoms with Gasteiger partial charge in [-0.3, -0.25) is 0 Å². The van der Waals surface area contributed by atoms with Crippen LogP contribution >= 0.6 is 12.2 Å². The van der Waals surface area contributed by atoms with Crippen molar-refractivity contribution in [1.82, 2.24) is 4.31 Å². The predicted molar refractivity (Wildman–Crippen MR) is 141 cm³/mol. The van der Waals surface area contributed by atoms with E-state index in [0.29, 0.717) is 0 Å². The highest BCUT2D eigenvalue weighted by Gasteiger charge is 2.06. The Balaban J connectivity index is 1.62. The molecule has 0 radical (unpaired) electrons. The molecule has 0 aliphatic rings. The molecule has 3 aromatic carbocycles. The van der Waals surface area contributed by atoms with E-state index in [1.807, 2.05) is 0 Å². The molecule has 0 N–H and O–H groups in total. The summed E-state index contributed by atoms with van der Waals surface area (Å²) < 4.78 is 7.21. The summed E-state index contributed by atoms with van der Waals surface area (Å²) in [6.45, 7) is 5.49. The molecule has 0 atom stereocenters. The minimum Gasteiger partial charge on any atom is -0.304 e. The number of aryl methyl sites for hydroxylation is 3. The molecule has 0 aliphatic carbocycles. The first-order valence-electron chi connectivity index (χ1n) is 11.8. The van der Waals surface area contributed by atoms with Crippen molar-refractivity contribution in [1.29, 1.82) is 0 Å². The molecule has 3 rings (SSSR count). The van der Waals surface area contributed by atoms with Gasteiger partial charge in [-0.1, -0.05) is 86.5 Å². The quantitative estimate of drug-likeness (QED) is 0.158. The molecule has 0 aromatic heterocycles. The van der Waals surface area contributed by atoms with Crippen LogP contribution in [0.15, 0.2) is 66.7 Å². The van der Waals surface area contributed by atoms with Crippen LogP contribution in [0.3, 0.4) is 0 Å². The van der Waals surface area contributed by atoms with Crippen LogP contribution in [0.2, 0.25) is 0 Å². The van der Waals surface area contributed by atoms with Gasteiger partial charge in [-0.2, -0.15) is 0 Å². The fourth-order valence-corrected chi connectivity index (χ4v) is 4.59. The maximum atomic E-state index is 5.08. The van der Waals surface area contributed by atoms with E-state index in [9.17, 15) is 0 Å². The lowest BCUT2D eigenvalue weighted by molar-refractivity contribution is 0.431. The number of unbranched alkanes of at least 4 members (excludes halogenated alkanes) is 2. The molecule has 0 fully saturated rings. The summed E-state index contributed by atoms with van der Waals surface area (Å²) in [5.74, 6) is 0. The maximum absolute atomic E-state index is 5.08. The van der Waals surface area contributed by atoms with Crippen molar-refractivity contribution < 1.29 is 4.18 Å². The van der Waals surface area contributed by atoms with Gasteiger partial charge in [0.1, 0.15) is 0 Å². The number of benzene rings is 3. The van der Waals surface area contributed by atoms with Crippen LogP contribution in [0.5, 0.6) is 0 Å². The first-order valence-corrected chi connectivity index (χ1v) is 12.5. The SMILES string of the molecule is CCCCCc1ccc(-c2ccc(-c3ccc(CCCN(C)SOC)cc3)c(C)c2)cc1. The largest absolute Gasteiger partial charge is 0.304 e. The highest BCUT2D eigenvalue weighted by Crippen LogP contribution is 2.29. The van der Waals surface area contributed by atoms with Crippen LogP contribution in [-0.4, -0.2) is 25.0 Å². The van der Waals surface area contributed by atoms with Crippen molar-refractivity contribution in [2.75, 3.05) is 20.7 Å². The van der Waals surface area contributed by atoms with Crippen LogP contribution in [0.25, 0.3) is 22.3 Å². The minimum absolute atomic E-state index is 1.01. The van der Waals surface area contributed by atoms with Gasteiger partial charge in [0.25, 0.3) is 0 Å². The highest BCUT2D eigenvalue weighted by molar-refractivity contribution is 7.92. The third kappa shape index (κ3) is 7.23. The van der Waals surface area contributed by atoms with Gasteiger partial charge in [-0.25, -0.2) is 4.31 Å². The molecule has 0 heterocycles. The first-order chi connectivity index (χ1) is 15.6. The summed E-state index contributed by atoms with van der Waals surface area (Å²) in [5.41, 5.74) is 9.34. The Morgan fingerprint density at radius 2 is 1.34 bits per heavy atom. The van der Waals surface area contributed by atoms with Crippen molar-refractivity contribution in [3.8, 4) is 22.3 Å². The van der Waals surface area contributed by atoms with Crippen molar-refractivity contribution >= 4 is 12.2 Å². The summed E-state index contributed by atoms with van der Waals surface area (Å²) in [6, 6.07) is 25.0. The average Bonchev–Trinajstić information content (AvgIpc) is 2.80. The zero-order valence-corrected chi connectivity index (χ0v) is 20.9. The van der Waals surface area contributed by atoms with Crippen LogP contribution in [0.4, 0.5) is 0 Å². The monoisotopic (exact) mass is 447 g/mol. The van der Waals surface area contributed by atoms with E-state index < -0.39 is 0 Å². The van der Waals surface area contributed by atoms with E-state index in [-0.39, 0.29) is 0 Å². The molecular weight excluding hydrogens is 410 g/mol. The third-order valence-electron chi connectivity index (χ3n) is 5.99. The lowest BCUT2D eigenvalue weighted by atomic mass is 9.94. The van der Waals surface area contributed by atoms with Crippen LogP contribution in [0.1, 0.15) is 49.3 Å². The summed E-state index contributed by atoms with van der Waals surface area (Å²) >= 11 is 1.40. The van der Waals surface area contributed by atoms with Gasteiger partial charge >= 0.3 is 0 Å². The second kappa shape index (κ2) is 12.8. The lowest BCUT2D eigenvalue weighted by Crippen LogP contribution is -2.11. The summed E-state index contributed by atoms with van der Waals surface area (Å²) in [7, 11) is 3.77. The summed E-state index contributed by atoms with van der Waals surface area (Å²) in [5, 5.41) is 0. The van der Waals surface area contributed by atoms with Gasteiger partial charge in [0, 0.05) is 6.54 Å². The Labute approximate surface area is 199 Å². The topological polar surface area (TPSA) is 12.5 Å². The third-order valence-corrected chi connectivity index (χ3v) is 6.57. The molecule has 0 aliphatic heterocycles. The van der Waals surface area contributed by atoms with E-state index >= 15 is 0 Å². The van der Waals surface area contributed by atoms with Crippen molar-refractivity contribution in [3.63, 3.8) is 0 Å². The van der Waals surface area contributed by atoms with Crippen molar-refractivity contribution in [3.05, 3.63) is 83.4 Å². The lowest BCUT2D eigenvalue weighted by Gasteiger charge is -2.13. The summed E-state index contributed by atoms with van der Waals surface area (Å²) in [6.07, 6.45) is 7.27. The smallest absolute Gasteiger partial charge is 0.0813 e. The Morgan fingerprint density at radius 1 is 0.750 bits per heavy atom. The van der Waals surface area contributed by atoms with Gasteiger partial charge in [-0.05, 0) is 78.6 Å². The van der Waals surface area contributed by atoms with Gasteiger partial charge in [0.05, 0.1) is 19.3 Å². The van der Waals surface area contributed by atoms with Crippen molar-refractivity contribution in [2.24, 2.45) is 0 Å². The standard InChI is InChI=1S/C29H37NOS/c1-5-6-7-9-24-11-15-26(16-12-24)28-19-20-29(23(2)22-28)27-17-13-25(14-18-27)10-8-21-30(3)32-31-4/h11-20,22H,5-10,21H2,1-4H3. The molecule has 0 bridgehead atoms. The molecule has 0 unspecified atom stereocenters. The molecule has 170 valence electrons.